The molecule has 1 rings (SSSR count). The number of aliphatic carboxylic acids is 1. The van der Waals surface area contributed by atoms with E-state index in [2.05, 4.69) is 0 Å². The van der Waals surface area contributed by atoms with Gasteiger partial charge in [0.25, 0.3) is 0 Å². The van der Waals surface area contributed by atoms with Gasteiger partial charge < -0.3 is 10.0 Å². The van der Waals surface area contributed by atoms with Crippen LogP contribution in [0.5, 0.6) is 0 Å². The number of amides is 1. The minimum atomic E-state index is -1.01. The maximum atomic E-state index is 11.5. The van der Waals surface area contributed by atoms with Gasteiger partial charge in [-0.25, -0.2) is 0 Å². The fourth-order valence-electron chi connectivity index (χ4n) is 1.42. The summed E-state index contributed by atoms with van der Waals surface area (Å²) < 4.78 is 0. The number of carboxylic acid groups (broad SMARTS) is 1. The Labute approximate surface area is 107 Å². The number of aryl methyl sites for hydroxylation is 1. The van der Waals surface area contributed by atoms with Gasteiger partial charge in [-0.2, -0.15) is 0 Å². The molecule has 0 bridgehead atoms. The molecule has 0 saturated carbocycles. The predicted octanol–water partition coefficient (Wildman–Crippen LogP) is 1.94. The van der Waals surface area contributed by atoms with Crippen LogP contribution >= 0.6 is 0 Å². The van der Waals surface area contributed by atoms with Crippen LogP contribution in [0.15, 0.2) is 30.3 Å². The third kappa shape index (κ3) is 4.82. The summed E-state index contributed by atoms with van der Waals surface area (Å²) in [6.07, 6.45) is 3.80. The van der Waals surface area contributed by atoms with Gasteiger partial charge in [0.15, 0.2) is 0 Å². The van der Waals surface area contributed by atoms with Crippen molar-refractivity contribution < 1.29 is 14.7 Å². The molecule has 0 radical (unpaired) electrons. The van der Waals surface area contributed by atoms with Gasteiger partial charge in [-0.1, -0.05) is 42.0 Å². The average Bonchev–Trinajstić information content (AvgIpc) is 2.30. The zero-order valence-corrected chi connectivity index (χ0v) is 10.6. The zero-order chi connectivity index (χ0) is 13.5. The molecule has 0 aliphatic rings. The SMILES string of the molecule is Cc1ccc(/C=C/CC(=O)N(C)CC(=O)O)cc1. The average molecular weight is 247 g/mol. The second-order valence-electron chi connectivity index (χ2n) is 4.16. The molecule has 18 heavy (non-hydrogen) atoms. The molecule has 0 aliphatic heterocycles. The Kier molecular flexibility index (Phi) is 5.11. The summed E-state index contributed by atoms with van der Waals surface area (Å²) in [5.74, 6) is -1.21. The number of rotatable bonds is 5. The summed E-state index contributed by atoms with van der Waals surface area (Å²) in [6, 6.07) is 7.94. The molecule has 0 aromatic heterocycles. The van der Waals surface area contributed by atoms with Gasteiger partial charge in [0.1, 0.15) is 6.54 Å². The van der Waals surface area contributed by atoms with Crippen molar-refractivity contribution in [3.63, 3.8) is 0 Å². The number of likely N-dealkylation sites (N-methyl/N-ethyl adjacent to an activating group) is 1. The number of nitrogens with zero attached hydrogens (tertiary/aromatic N) is 1. The Bertz CT molecular complexity index is 449. The molecule has 0 spiro atoms. The van der Waals surface area contributed by atoms with Gasteiger partial charge >= 0.3 is 5.97 Å². The van der Waals surface area contributed by atoms with Gasteiger partial charge in [0.05, 0.1) is 0 Å². The Morgan fingerprint density at radius 1 is 1.28 bits per heavy atom. The third-order valence-corrected chi connectivity index (χ3v) is 2.48. The highest BCUT2D eigenvalue weighted by Crippen LogP contribution is 2.05. The lowest BCUT2D eigenvalue weighted by molar-refractivity contribution is -0.143. The Balaban J connectivity index is 2.47. The highest BCUT2D eigenvalue weighted by atomic mass is 16.4. The van der Waals surface area contributed by atoms with Gasteiger partial charge in [0.2, 0.25) is 5.91 Å². The minimum Gasteiger partial charge on any atom is -0.480 e. The molecular weight excluding hydrogens is 230 g/mol. The first-order chi connectivity index (χ1) is 8.49. The summed E-state index contributed by atoms with van der Waals surface area (Å²) in [4.78, 5) is 23.2. The summed E-state index contributed by atoms with van der Waals surface area (Å²) in [6.45, 7) is 1.75. The standard InChI is InChI=1S/C14H17NO3/c1-11-6-8-12(9-7-11)4-3-5-13(16)15(2)10-14(17)18/h3-4,6-9H,5,10H2,1-2H3,(H,17,18)/b4-3+. The normalized spacial score (nSPS) is 10.6. The van der Waals surface area contributed by atoms with Gasteiger partial charge in [-0.05, 0) is 12.5 Å². The smallest absolute Gasteiger partial charge is 0.323 e. The van der Waals surface area contributed by atoms with Gasteiger partial charge in [0, 0.05) is 13.5 Å². The van der Waals surface area contributed by atoms with Crippen molar-refractivity contribution >= 4 is 18.0 Å². The third-order valence-electron chi connectivity index (χ3n) is 2.48. The minimum absolute atomic E-state index is 0.206. The largest absolute Gasteiger partial charge is 0.480 e. The van der Waals surface area contributed by atoms with Crippen LogP contribution in [-0.2, 0) is 9.59 Å². The molecule has 0 saturated heterocycles. The lowest BCUT2D eigenvalue weighted by Gasteiger charge is -2.12. The van der Waals surface area contributed by atoms with E-state index in [-0.39, 0.29) is 18.9 Å². The number of benzene rings is 1. The van der Waals surface area contributed by atoms with Crippen LogP contribution < -0.4 is 0 Å². The van der Waals surface area contributed by atoms with E-state index in [1.54, 1.807) is 6.08 Å². The maximum Gasteiger partial charge on any atom is 0.323 e. The first kappa shape index (κ1) is 14.0. The van der Waals surface area contributed by atoms with E-state index in [0.29, 0.717) is 0 Å². The molecule has 0 aliphatic carbocycles. The fraction of sp³-hybridized carbons (Fsp3) is 0.286. The van der Waals surface area contributed by atoms with Gasteiger partial charge in [-0.15, -0.1) is 0 Å². The fourth-order valence-corrected chi connectivity index (χ4v) is 1.42. The van der Waals surface area contributed by atoms with Crippen molar-refractivity contribution in [3.8, 4) is 0 Å². The van der Waals surface area contributed by atoms with E-state index >= 15 is 0 Å². The molecular formula is C14H17NO3. The topological polar surface area (TPSA) is 57.6 Å². The lowest BCUT2D eigenvalue weighted by atomic mass is 10.1. The van der Waals surface area contributed by atoms with Crippen LogP contribution in [0, 0.1) is 6.92 Å². The number of carbonyl (C=O) groups is 2. The zero-order valence-electron chi connectivity index (χ0n) is 10.6. The highest BCUT2D eigenvalue weighted by molar-refractivity contribution is 5.82. The molecule has 4 heteroatoms. The summed E-state index contributed by atoms with van der Waals surface area (Å²) in [7, 11) is 1.48. The van der Waals surface area contributed by atoms with Crippen LogP contribution in [-0.4, -0.2) is 35.5 Å². The Morgan fingerprint density at radius 2 is 1.89 bits per heavy atom. The van der Waals surface area contributed by atoms with Crippen molar-refractivity contribution in [1.29, 1.82) is 0 Å². The van der Waals surface area contributed by atoms with Crippen LogP contribution in [0.4, 0.5) is 0 Å². The molecule has 0 atom stereocenters. The highest BCUT2D eigenvalue weighted by Gasteiger charge is 2.09. The Morgan fingerprint density at radius 3 is 2.44 bits per heavy atom. The van der Waals surface area contributed by atoms with E-state index in [1.807, 2.05) is 37.3 Å². The molecule has 1 aromatic carbocycles. The Hall–Kier alpha value is -2.10. The molecule has 96 valence electrons. The van der Waals surface area contributed by atoms with Crippen molar-refractivity contribution in [2.75, 3.05) is 13.6 Å². The van der Waals surface area contributed by atoms with E-state index in [4.69, 9.17) is 5.11 Å². The first-order valence-electron chi connectivity index (χ1n) is 5.68. The van der Waals surface area contributed by atoms with Crippen molar-refractivity contribution in [2.24, 2.45) is 0 Å². The second-order valence-corrected chi connectivity index (χ2v) is 4.16. The first-order valence-corrected chi connectivity index (χ1v) is 5.68. The van der Waals surface area contributed by atoms with Crippen molar-refractivity contribution in [2.45, 2.75) is 13.3 Å². The molecule has 0 unspecified atom stereocenters. The summed E-state index contributed by atoms with van der Waals surface area (Å²) in [5.41, 5.74) is 2.21. The van der Waals surface area contributed by atoms with Crippen molar-refractivity contribution in [1.82, 2.24) is 4.90 Å². The molecule has 4 nitrogen and oxygen atoms in total. The number of carboxylic acids is 1. The van der Waals surface area contributed by atoms with E-state index in [1.165, 1.54) is 17.5 Å². The monoisotopic (exact) mass is 247 g/mol. The van der Waals surface area contributed by atoms with Crippen LogP contribution in [0.25, 0.3) is 6.08 Å². The van der Waals surface area contributed by atoms with Crippen LogP contribution in [0.2, 0.25) is 0 Å². The van der Waals surface area contributed by atoms with Crippen LogP contribution in [0.3, 0.4) is 0 Å². The molecule has 1 N–H and O–H groups in total. The molecule has 0 heterocycles. The van der Waals surface area contributed by atoms with Crippen LogP contribution in [0.1, 0.15) is 17.5 Å². The van der Waals surface area contributed by atoms with Crippen molar-refractivity contribution in [3.05, 3.63) is 41.5 Å². The van der Waals surface area contributed by atoms with E-state index in [9.17, 15) is 9.59 Å². The number of carbonyl (C=O) groups excluding carboxylic acids is 1. The van der Waals surface area contributed by atoms with E-state index in [0.717, 1.165) is 5.56 Å². The lowest BCUT2D eigenvalue weighted by Crippen LogP contribution is -2.31. The van der Waals surface area contributed by atoms with Gasteiger partial charge in [-0.3, -0.25) is 9.59 Å². The quantitative estimate of drug-likeness (QED) is 0.865. The number of hydrogen-bond donors (Lipinski definition) is 1. The second kappa shape index (κ2) is 6.59. The van der Waals surface area contributed by atoms with E-state index < -0.39 is 5.97 Å². The predicted molar refractivity (Wildman–Crippen MR) is 70.1 cm³/mol. The molecule has 0 fully saturated rings. The number of hydrogen-bond acceptors (Lipinski definition) is 2. The molecule has 1 amide bonds. The summed E-state index contributed by atoms with van der Waals surface area (Å²) >= 11 is 0. The molecule has 1 aromatic rings. The summed E-state index contributed by atoms with van der Waals surface area (Å²) in [5, 5.41) is 8.55. The maximum absolute atomic E-state index is 11.5.